The number of fused-ring (bicyclic) bond motifs is 1. The molecule has 3 aromatic heterocycles. The third-order valence-corrected chi connectivity index (χ3v) is 5.23. The molecule has 0 fully saturated rings. The molecule has 4 N–H and O–H groups in total. The number of H-pyrrole nitrogens is 1. The third-order valence-electron chi connectivity index (χ3n) is 5.23. The van der Waals surface area contributed by atoms with Crippen molar-refractivity contribution in [2.45, 2.75) is 39.7 Å². The second-order valence-corrected chi connectivity index (χ2v) is 8.07. The molecule has 0 unspecified atom stereocenters. The number of aromatic amines is 1. The number of hydrogen-bond donors (Lipinski definition) is 3. The van der Waals surface area contributed by atoms with Crippen molar-refractivity contribution in [2.75, 3.05) is 5.32 Å². The first-order chi connectivity index (χ1) is 13.4. The van der Waals surface area contributed by atoms with E-state index in [1.54, 1.807) is 18.5 Å². The summed E-state index contributed by atoms with van der Waals surface area (Å²) < 4.78 is 0. The van der Waals surface area contributed by atoms with Gasteiger partial charge in [-0.1, -0.05) is 13.8 Å². The minimum absolute atomic E-state index is 0.225. The lowest BCUT2D eigenvalue weighted by Gasteiger charge is -2.29. The number of carbonyl (C=O) groups excluding carboxylic acids is 1. The van der Waals surface area contributed by atoms with Crippen LogP contribution in [0.2, 0.25) is 0 Å². The Morgan fingerprint density at radius 1 is 1.29 bits per heavy atom. The standard InChI is InChI=1S/C21H24N6O/c1-21(2)6-3-15-17(11-21)26-27-19(15)14-9-16(20(22)28)25-18(10-14)24-12-13-4-7-23-8-5-13/h4-5,7-10H,3,6,11-12H2,1-2H3,(H2,22,28)(H,24,25)(H,26,27). The number of hydrogen-bond acceptors (Lipinski definition) is 5. The van der Waals surface area contributed by atoms with Gasteiger partial charge in [0, 0.05) is 35.8 Å². The molecule has 7 heteroatoms. The highest BCUT2D eigenvalue weighted by Gasteiger charge is 2.29. The fourth-order valence-corrected chi connectivity index (χ4v) is 3.66. The van der Waals surface area contributed by atoms with E-state index in [-0.39, 0.29) is 11.1 Å². The van der Waals surface area contributed by atoms with Gasteiger partial charge in [-0.25, -0.2) is 4.98 Å². The monoisotopic (exact) mass is 376 g/mol. The van der Waals surface area contributed by atoms with Gasteiger partial charge in [0.05, 0.1) is 5.69 Å². The molecule has 0 spiro atoms. The van der Waals surface area contributed by atoms with Gasteiger partial charge in [0.2, 0.25) is 0 Å². The lowest BCUT2D eigenvalue weighted by molar-refractivity contribution is 0.0995. The van der Waals surface area contributed by atoms with Gasteiger partial charge in [0.1, 0.15) is 11.5 Å². The highest BCUT2D eigenvalue weighted by molar-refractivity contribution is 5.92. The van der Waals surface area contributed by atoms with Gasteiger partial charge in [-0.2, -0.15) is 5.10 Å². The van der Waals surface area contributed by atoms with Crippen molar-refractivity contribution < 1.29 is 4.79 Å². The van der Waals surface area contributed by atoms with Gasteiger partial charge in [-0.05, 0) is 54.5 Å². The van der Waals surface area contributed by atoms with Gasteiger partial charge >= 0.3 is 0 Å². The predicted octanol–water partition coefficient (Wildman–Crippen LogP) is 3.09. The fourth-order valence-electron chi connectivity index (χ4n) is 3.66. The van der Waals surface area contributed by atoms with Gasteiger partial charge < -0.3 is 11.1 Å². The number of rotatable bonds is 5. The van der Waals surface area contributed by atoms with Crippen LogP contribution in [0.5, 0.6) is 0 Å². The third kappa shape index (κ3) is 3.74. The van der Waals surface area contributed by atoms with Gasteiger partial charge in [-0.3, -0.25) is 14.9 Å². The van der Waals surface area contributed by atoms with E-state index in [1.807, 2.05) is 18.2 Å². The highest BCUT2D eigenvalue weighted by atomic mass is 16.1. The number of nitrogens with one attached hydrogen (secondary N) is 2. The molecule has 0 radical (unpaired) electrons. The maximum Gasteiger partial charge on any atom is 0.267 e. The molecular formula is C21H24N6O. The van der Waals surface area contributed by atoms with Crippen LogP contribution in [0, 0.1) is 5.41 Å². The predicted molar refractivity (Wildman–Crippen MR) is 108 cm³/mol. The van der Waals surface area contributed by atoms with E-state index in [0.29, 0.717) is 12.4 Å². The molecule has 1 amide bonds. The average Bonchev–Trinajstić information content (AvgIpc) is 3.08. The van der Waals surface area contributed by atoms with Crippen molar-refractivity contribution in [1.29, 1.82) is 0 Å². The summed E-state index contributed by atoms with van der Waals surface area (Å²) in [4.78, 5) is 20.2. The van der Waals surface area contributed by atoms with Crippen molar-refractivity contribution >= 4 is 11.7 Å². The Kier molecular flexibility index (Phi) is 4.58. The van der Waals surface area contributed by atoms with Crippen LogP contribution in [0.3, 0.4) is 0 Å². The number of nitrogens with two attached hydrogens (primary N) is 1. The Hall–Kier alpha value is -3.22. The molecule has 0 atom stereocenters. The van der Waals surface area contributed by atoms with E-state index in [0.717, 1.165) is 36.1 Å². The minimum atomic E-state index is -0.556. The number of carbonyl (C=O) groups is 1. The largest absolute Gasteiger partial charge is 0.366 e. The van der Waals surface area contributed by atoms with Crippen LogP contribution in [0.4, 0.5) is 5.82 Å². The first-order valence-electron chi connectivity index (χ1n) is 9.42. The van der Waals surface area contributed by atoms with Gasteiger partial charge in [0.15, 0.2) is 0 Å². The zero-order valence-corrected chi connectivity index (χ0v) is 16.1. The van der Waals surface area contributed by atoms with E-state index < -0.39 is 5.91 Å². The van der Waals surface area contributed by atoms with Crippen LogP contribution < -0.4 is 11.1 Å². The smallest absolute Gasteiger partial charge is 0.267 e. The molecule has 0 saturated carbocycles. The number of anilines is 1. The molecule has 28 heavy (non-hydrogen) atoms. The van der Waals surface area contributed by atoms with Crippen LogP contribution in [0.25, 0.3) is 11.3 Å². The van der Waals surface area contributed by atoms with Crippen LogP contribution in [-0.4, -0.2) is 26.1 Å². The summed E-state index contributed by atoms with van der Waals surface area (Å²) in [6, 6.07) is 7.50. The fraction of sp³-hybridized carbons (Fsp3) is 0.333. The summed E-state index contributed by atoms with van der Waals surface area (Å²) in [5, 5.41) is 11.0. The number of primary amides is 1. The van der Waals surface area contributed by atoms with Gasteiger partial charge in [0.25, 0.3) is 5.91 Å². The number of nitrogens with zero attached hydrogens (tertiary/aromatic N) is 3. The quantitative estimate of drug-likeness (QED) is 0.634. The lowest BCUT2D eigenvalue weighted by atomic mass is 9.76. The Labute approximate surface area is 163 Å². The maximum atomic E-state index is 11.8. The number of amides is 1. The van der Waals surface area contributed by atoms with E-state index in [9.17, 15) is 4.79 Å². The second-order valence-electron chi connectivity index (χ2n) is 8.07. The topological polar surface area (TPSA) is 110 Å². The summed E-state index contributed by atoms with van der Waals surface area (Å²) in [5.41, 5.74) is 11.2. The minimum Gasteiger partial charge on any atom is -0.366 e. The Morgan fingerprint density at radius 3 is 2.82 bits per heavy atom. The first-order valence-corrected chi connectivity index (χ1v) is 9.42. The van der Waals surface area contributed by atoms with Crippen molar-refractivity contribution in [3.63, 3.8) is 0 Å². The summed E-state index contributed by atoms with van der Waals surface area (Å²) in [7, 11) is 0. The maximum absolute atomic E-state index is 11.8. The highest BCUT2D eigenvalue weighted by Crippen LogP contribution is 2.38. The zero-order valence-electron chi connectivity index (χ0n) is 16.1. The summed E-state index contributed by atoms with van der Waals surface area (Å²) in [5.74, 6) is 0.0374. The Morgan fingerprint density at radius 2 is 2.07 bits per heavy atom. The molecule has 0 aliphatic heterocycles. The van der Waals surface area contributed by atoms with Crippen molar-refractivity contribution in [3.8, 4) is 11.3 Å². The number of aromatic nitrogens is 4. The molecular weight excluding hydrogens is 352 g/mol. The van der Waals surface area contributed by atoms with Crippen molar-refractivity contribution in [1.82, 2.24) is 20.2 Å². The van der Waals surface area contributed by atoms with E-state index in [2.05, 4.69) is 39.3 Å². The molecule has 0 saturated heterocycles. The number of pyridine rings is 2. The van der Waals surface area contributed by atoms with E-state index >= 15 is 0 Å². The summed E-state index contributed by atoms with van der Waals surface area (Å²) in [6.07, 6.45) is 6.52. The zero-order chi connectivity index (χ0) is 19.7. The molecule has 7 nitrogen and oxygen atoms in total. The normalized spacial score (nSPS) is 15.1. The molecule has 4 rings (SSSR count). The van der Waals surface area contributed by atoms with Crippen LogP contribution in [0.15, 0.2) is 36.7 Å². The van der Waals surface area contributed by atoms with Gasteiger partial charge in [-0.15, -0.1) is 0 Å². The Balaban J connectivity index is 1.67. The molecule has 1 aliphatic rings. The molecule has 0 aromatic carbocycles. The van der Waals surface area contributed by atoms with Crippen LogP contribution in [0.1, 0.15) is 47.6 Å². The van der Waals surface area contributed by atoms with Crippen molar-refractivity contribution in [2.24, 2.45) is 11.1 Å². The van der Waals surface area contributed by atoms with E-state index in [4.69, 9.17) is 5.73 Å². The molecule has 3 heterocycles. The van der Waals surface area contributed by atoms with E-state index in [1.165, 1.54) is 11.3 Å². The lowest BCUT2D eigenvalue weighted by Crippen LogP contribution is -2.22. The SMILES string of the molecule is CC1(C)CCc2c(-c3cc(NCc4ccncc4)nc(C(N)=O)c3)n[nH]c2C1. The molecule has 0 bridgehead atoms. The summed E-state index contributed by atoms with van der Waals surface area (Å²) in [6.45, 7) is 5.12. The molecule has 1 aliphatic carbocycles. The second kappa shape index (κ2) is 7.07. The summed E-state index contributed by atoms with van der Waals surface area (Å²) >= 11 is 0. The Bertz CT molecular complexity index is 1010. The molecule has 3 aromatic rings. The molecule has 144 valence electrons. The van der Waals surface area contributed by atoms with Crippen LogP contribution in [-0.2, 0) is 19.4 Å². The van der Waals surface area contributed by atoms with Crippen molar-refractivity contribution in [3.05, 3.63) is 59.2 Å². The first kappa shape index (κ1) is 18.2. The van der Waals surface area contributed by atoms with Crippen LogP contribution >= 0.6 is 0 Å². The average molecular weight is 376 g/mol.